The molecular formula is C20H19F2N3O3S. The minimum atomic E-state index is -3.70. The normalized spacial score (nSPS) is 18.1. The predicted octanol–water partition coefficient (Wildman–Crippen LogP) is 3.66. The molecule has 0 amide bonds. The first-order valence-corrected chi connectivity index (χ1v) is 10.7. The van der Waals surface area contributed by atoms with Gasteiger partial charge in [-0.3, -0.25) is 0 Å². The van der Waals surface area contributed by atoms with E-state index in [4.69, 9.17) is 4.52 Å². The lowest BCUT2D eigenvalue weighted by molar-refractivity contribution is 0.247. The summed E-state index contributed by atoms with van der Waals surface area (Å²) in [4.78, 5) is 4.33. The number of rotatable bonds is 5. The van der Waals surface area contributed by atoms with Gasteiger partial charge in [0, 0.05) is 19.5 Å². The highest BCUT2D eigenvalue weighted by atomic mass is 32.2. The van der Waals surface area contributed by atoms with Gasteiger partial charge in [-0.25, -0.2) is 17.2 Å². The summed E-state index contributed by atoms with van der Waals surface area (Å²) in [7, 11) is -3.70. The van der Waals surface area contributed by atoms with Crippen LogP contribution in [0, 0.1) is 17.6 Å². The molecule has 0 spiro atoms. The van der Waals surface area contributed by atoms with Crippen LogP contribution in [-0.4, -0.2) is 36.0 Å². The lowest BCUT2D eigenvalue weighted by Crippen LogP contribution is -2.40. The maximum absolute atomic E-state index is 13.9. The van der Waals surface area contributed by atoms with E-state index < -0.39 is 21.7 Å². The van der Waals surface area contributed by atoms with E-state index in [9.17, 15) is 17.2 Å². The largest absolute Gasteiger partial charge is 0.339 e. The maximum atomic E-state index is 13.9. The van der Waals surface area contributed by atoms with Gasteiger partial charge in [0.1, 0.15) is 11.6 Å². The lowest BCUT2D eigenvalue weighted by atomic mass is 9.96. The standard InChI is InChI=1S/C20H19F2N3O3S/c21-15-7-9-16(10-8-15)29(26,27)25-11-3-4-14(13-25)12-19-23-20(24-28-19)17-5-1-2-6-18(17)22/h1-2,5-10,14H,3-4,11-13H2. The Kier molecular flexibility index (Phi) is 5.42. The number of piperidine rings is 1. The molecule has 4 rings (SSSR count). The van der Waals surface area contributed by atoms with Crippen molar-refractivity contribution in [2.75, 3.05) is 13.1 Å². The zero-order chi connectivity index (χ0) is 20.4. The van der Waals surface area contributed by atoms with Crippen LogP contribution in [0.4, 0.5) is 8.78 Å². The Morgan fingerprint density at radius 2 is 1.86 bits per heavy atom. The average Bonchev–Trinajstić information content (AvgIpc) is 3.17. The van der Waals surface area contributed by atoms with Crippen molar-refractivity contribution < 1.29 is 21.7 Å². The first kappa shape index (κ1) is 19.7. The third-order valence-electron chi connectivity index (χ3n) is 4.98. The predicted molar refractivity (Wildman–Crippen MR) is 101 cm³/mol. The van der Waals surface area contributed by atoms with Crippen LogP contribution < -0.4 is 0 Å². The van der Waals surface area contributed by atoms with Gasteiger partial charge in [-0.15, -0.1) is 0 Å². The molecule has 152 valence electrons. The fraction of sp³-hybridized carbons (Fsp3) is 0.300. The number of sulfonamides is 1. The van der Waals surface area contributed by atoms with Gasteiger partial charge in [-0.1, -0.05) is 17.3 Å². The molecule has 29 heavy (non-hydrogen) atoms. The second kappa shape index (κ2) is 8.00. The molecule has 1 atom stereocenters. The molecule has 0 radical (unpaired) electrons. The Morgan fingerprint density at radius 3 is 2.62 bits per heavy atom. The van der Waals surface area contributed by atoms with Gasteiger partial charge in [-0.2, -0.15) is 9.29 Å². The van der Waals surface area contributed by atoms with Crippen molar-refractivity contribution >= 4 is 10.0 Å². The van der Waals surface area contributed by atoms with Gasteiger partial charge in [0.25, 0.3) is 0 Å². The molecular weight excluding hydrogens is 400 g/mol. The molecule has 1 fully saturated rings. The second-order valence-corrected chi connectivity index (χ2v) is 8.96. The zero-order valence-corrected chi connectivity index (χ0v) is 16.3. The average molecular weight is 419 g/mol. The van der Waals surface area contributed by atoms with Crippen molar-refractivity contribution in [2.24, 2.45) is 5.92 Å². The van der Waals surface area contributed by atoms with E-state index in [-0.39, 0.29) is 22.2 Å². The SMILES string of the molecule is O=S(=O)(c1ccc(F)cc1)N1CCCC(Cc2nc(-c3ccccc3F)no2)C1. The topological polar surface area (TPSA) is 76.3 Å². The van der Waals surface area contributed by atoms with Crippen molar-refractivity contribution in [1.82, 2.24) is 14.4 Å². The van der Waals surface area contributed by atoms with E-state index >= 15 is 0 Å². The quantitative estimate of drug-likeness (QED) is 0.631. The van der Waals surface area contributed by atoms with Gasteiger partial charge >= 0.3 is 0 Å². The summed E-state index contributed by atoms with van der Waals surface area (Å²) in [5.41, 5.74) is 0.256. The van der Waals surface area contributed by atoms with E-state index in [2.05, 4.69) is 10.1 Å². The highest BCUT2D eigenvalue weighted by molar-refractivity contribution is 7.89. The molecule has 1 unspecified atom stereocenters. The number of halogens is 2. The van der Waals surface area contributed by atoms with Crippen molar-refractivity contribution in [3.8, 4) is 11.4 Å². The molecule has 0 aliphatic carbocycles. The Bertz CT molecular complexity index is 1100. The fourth-order valence-corrected chi connectivity index (χ4v) is 5.06. The van der Waals surface area contributed by atoms with Crippen LogP contribution in [-0.2, 0) is 16.4 Å². The first-order chi connectivity index (χ1) is 13.9. The minimum Gasteiger partial charge on any atom is -0.339 e. The Balaban J connectivity index is 1.47. The lowest BCUT2D eigenvalue weighted by Gasteiger charge is -2.31. The summed E-state index contributed by atoms with van der Waals surface area (Å²) in [6.45, 7) is 0.706. The number of aromatic nitrogens is 2. The van der Waals surface area contributed by atoms with Crippen molar-refractivity contribution in [2.45, 2.75) is 24.2 Å². The number of benzene rings is 2. The van der Waals surface area contributed by atoms with Gasteiger partial charge in [0.2, 0.25) is 21.7 Å². The molecule has 3 aromatic rings. The molecule has 1 aromatic heterocycles. The highest BCUT2D eigenvalue weighted by Gasteiger charge is 2.31. The van der Waals surface area contributed by atoms with Crippen LogP contribution in [0.1, 0.15) is 18.7 Å². The van der Waals surface area contributed by atoms with Crippen LogP contribution >= 0.6 is 0 Å². The summed E-state index contributed by atoms with van der Waals surface area (Å²) in [5, 5.41) is 3.84. The molecule has 1 saturated heterocycles. The smallest absolute Gasteiger partial charge is 0.243 e. The number of nitrogens with zero attached hydrogens (tertiary/aromatic N) is 3. The summed E-state index contributed by atoms with van der Waals surface area (Å²) in [6.07, 6.45) is 1.91. The summed E-state index contributed by atoms with van der Waals surface area (Å²) >= 11 is 0. The van der Waals surface area contributed by atoms with Crippen LogP contribution in [0.3, 0.4) is 0 Å². The molecule has 2 aromatic carbocycles. The molecule has 6 nitrogen and oxygen atoms in total. The third kappa shape index (κ3) is 4.20. The molecule has 1 aliphatic rings. The zero-order valence-electron chi connectivity index (χ0n) is 15.5. The van der Waals surface area contributed by atoms with Crippen molar-refractivity contribution in [3.05, 3.63) is 66.1 Å². The van der Waals surface area contributed by atoms with E-state index in [1.807, 2.05) is 0 Å². The molecule has 9 heteroatoms. The third-order valence-corrected chi connectivity index (χ3v) is 6.86. The van der Waals surface area contributed by atoms with E-state index in [1.54, 1.807) is 18.2 Å². The minimum absolute atomic E-state index is 0.00658. The van der Waals surface area contributed by atoms with Gasteiger partial charge in [0.15, 0.2) is 0 Å². The van der Waals surface area contributed by atoms with E-state index in [1.165, 1.54) is 22.5 Å². The van der Waals surface area contributed by atoms with Gasteiger partial charge < -0.3 is 4.52 Å². The van der Waals surface area contributed by atoms with Crippen LogP contribution in [0.5, 0.6) is 0 Å². The summed E-state index contributed by atoms with van der Waals surface area (Å²) in [6, 6.07) is 11.0. The Morgan fingerprint density at radius 1 is 1.10 bits per heavy atom. The molecule has 2 heterocycles. The van der Waals surface area contributed by atoms with Crippen LogP contribution in [0.25, 0.3) is 11.4 Å². The van der Waals surface area contributed by atoms with E-state index in [0.717, 1.165) is 18.6 Å². The fourth-order valence-electron chi connectivity index (χ4n) is 3.50. The highest BCUT2D eigenvalue weighted by Crippen LogP contribution is 2.27. The molecule has 0 N–H and O–H groups in total. The first-order valence-electron chi connectivity index (χ1n) is 9.26. The van der Waals surface area contributed by atoms with Crippen LogP contribution in [0.15, 0.2) is 57.9 Å². The van der Waals surface area contributed by atoms with Gasteiger partial charge in [0.05, 0.1) is 10.5 Å². The molecule has 0 bridgehead atoms. The molecule has 0 saturated carbocycles. The summed E-state index contributed by atoms with van der Waals surface area (Å²) in [5.74, 6) is -0.413. The number of hydrogen-bond donors (Lipinski definition) is 0. The Labute approximate surface area is 167 Å². The van der Waals surface area contributed by atoms with Crippen molar-refractivity contribution in [3.63, 3.8) is 0 Å². The van der Waals surface area contributed by atoms with E-state index in [0.29, 0.717) is 31.8 Å². The van der Waals surface area contributed by atoms with Crippen molar-refractivity contribution in [1.29, 1.82) is 0 Å². The summed E-state index contributed by atoms with van der Waals surface area (Å²) < 4.78 is 59.3. The van der Waals surface area contributed by atoms with Crippen LogP contribution in [0.2, 0.25) is 0 Å². The number of hydrogen-bond acceptors (Lipinski definition) is 5. The maximum Gasteiger partial charge on any atom is 0.243 e. The monoisotopic (exact) mass is 419 g/mol. The Hall–Kier alpha value is -2.65. The molecule has 1 aliphatic heterocycles. The second-order valence-electron chi connectivity index (χ2n) is 7.02. The van der Waals surface area contributed by atoms with Gasteiger partial charge in [-0.05, 0) is 55.2 Å².